The van der Waals surface area contributed by atoms with Gasteiger partial charge >= 0.3 is 0 Å². The van der Waals surface area contributed by atoms with Crippen LogP contribution < -0.4 is 5.43 Å². The molecule has 4 nitrogen and oxygen atoms in total. The summed E-state index contributed by atoms with van der Waals surface area (Å²) >= 11 is 1.19. The molecule has 0 amide bonds. The highest BCUT2D eigenvalue weighted by molar-refractivity contribution is 8.02. The van der Waals surface area contributed by atoms with Crippen molar-refractivity contribution in [2.75, 3.05) is 0 Å². The van der Waals surface area contributed by atoms with E-state index in [1.54, 1.807) is 17.5 Å². The Morgan fingerprint density at radius 1 is 1.05 bits per heavy atom. The zero-order valence-electron chi connectivity index (χ0n) is 11.4. The van der Waals surface area contributed by atoms with E-state index in [1.807, 2.05) is 0 Å². The molecule has 5 heteroatoms. The molecule has 3 rings (SSSR count). The minimum Gasteiger partial charge on any atom is -0.508 e. The topological polar surface area (TPSA) is 70.7 Å². The van der Waals surface area contributed by atoms with E-state index in [0.29, 0.717) is 27.2 Å². The largest absolute Gasteiger partial charge is 0.508 e. The van der Waals surface area contributed by atoms with Crippen LogP contribution in [0.25, 0.3) is 22.1 Å². The maximum Gasteiger partial charge on any atom is 0.201 e. The molecule has 1 heterocycles. The van der Waals surface area contributed by atoms with Gasteiger partial charge in [-0.15, -0.1) is 0 Å². The fourth-order valence-electron chi connectivity index (χ4n) is 2.20. The average molecular weight is 312 g/mol. The Hall–Kier alpha value is -2.66. The van der Waals surface area contributed by atoms with Crippen molar-refractivity contribution in [2.45, 2.75) is 5.09 Å². The van der Waals surface area contributed by atoms with Crippen LogP contribution in [0.15, 0.2) is 68.8 Å². The molecule has 1 aromatic heterocycles. The molecule has 0 saturated carbocycles. The van der Waals surface area contributed by atoms with Gasteiger partial charge in [0.2, 0.25) is 5.43 Å². The molecule has 0 saturated heterocycles. The van der Waals surface area contributed by atoms with Gasteiger partial charge in [-0.05, 0) is 35.2 Å². The lowest BCUT2D eigenvalue weighted by Gasteiger charge is -2.08. The molecule has 110 valence electrons. The van der Waals surface area contributed by atoms with E-state index >= 15 is 0 Å². The molecule has 0 unspecified atom stereocenters. The van der Waals surface area contributed by atoms with Gasteiger partial charge in [-0.3, -0.25) is 4.79 Å². The van der Waals surface area contributed by atoms with Gasteiger partial charge in [0.05, 0.1) is 10.9 Å². The average Bonchev–Trinajstić information content (AvgIpc) is 2.49. The van der Waals surface area contributed by atoms with Crippen molar-refractivity contribution in [1.82, 2.24) is 0 Å². The third kappa shape index (κ3) is 2.46. The Kier molecular flexibility index (Phi) is 3.65. The number of phenolic OH excluding ortho intramolecular Hbond substituents is 2. The first-order valence-corrected chi connectivity index (χ1v) is 7.35. The molecule has 22 heavy (non-hydrogen) atoms. The lowest BCUT2D eigenvalue weighted by atomic mass is 10.1. The molecule has 0 spiro atoms. The summed E-state index contributed by atoms with van der Waals surface area (Å²) in [5.41, 5.74) is 1.17. The van der Waals surface area contributed by atoms with E-state index in [9.17, 15) is 15.0 Å². The summed E-state index contributed by atoms with van der Waals surface area (Å²) in [4.78, 5) is 12.8. The number of rotatable bonds is 3. The Morgan fingerprint density at radius 2 is 1.73 bits per heavy atom. The molecule has 2 N–H and O–H groups in total. The van der Waals surface area contributed by atoms with Crippen molar-refractivity contribution < 1.29 is 14.6 Å². The van der Waals surface area contributed by atoms with Gasteiger partial charge in [-0.2, -0.15) is 0 Å². The van der Waals surface area contributed by atoms with Crippen LogP contribution in [0.2, 0.25) is 0 Å². The third-order valence-corrected chi connectivity index (χ3v) is 3.86. The summed E-state index contributed by atoms with van der Waals surface area (Å²) in [5, 5.41) is 21.3. The summed E-state index contributed by atoms with van der Waals surface area (Å²) in [7, 11) is 0. The molecule has 0 aliphatic rings. The number of hydrogen-bond acceptors (Lipinski definition) is 5. The van der Waals surface area contributed by atoms with Gasteiger partial charge in [0.1, 0.15) is 17.1 Å². The first-order chi connectivity index (χ1) is 10.6. The zero-order chi connectivity index (χ0) is 15.7. The van der Waals surface area contributed by atoms with Gasteiger partial charge in [0, 0.05) is 6.07 Å². The molecule has 3 aromatic rings. The predicted molar refractivity (Wildman–Crippen MR) is 87.3 cm³/mol. The molecule has 0 aliphatic carbocycles. The minimum atomic E-state index is -0.198. The lowest BCUT2D eigenvalue weighted by molar-refractivity contribution is 0.468. The van der Waals surface area contributed by atoms with Crippen molar-refractivity contribution >= 4 is 22.7 Å². The number of fused-ring (bicyclic) bond motifs is 1. The maximum atomic E-state index is 12.8. The highest BCUT2D eigenvalue weighted by Gasteiger charge is 2.16. The fourth-order valence-corrected chi connectivity index (χ4v) is 2.81. The molecule has 2 aromatic carbocycles. The highest BCUT2D eigenvalue weighted by Crippen LogP contribution is 2.33. The standard InChI is InChI=1S/C17H12O4S/c1-2-22-17-15(10-3-5-11(18)6-4-10)16(20)13-8-7-12(19)9-14(13)21-17/h2-9,18-19H,1H2. The van der Waals surface area contributed by atoms with Crippen LogP contribution in [0.1, 0.15) is 0 Å². The molecule has 0 atom stereocenters. The first-order valence-electron chi connectivity index (χ1n) is 6.47. The van der Waals surface area contributed by atoms with E-state index in [4.69, 9.17) is 4.42 Å². The third-order valence-electron chi connectivity index (χ3n) is 3.19. The number of phenols is 2. The van der Waals surface area contributed by atoms with Crippen LogP contribution in [0.3, 0.4) is 0 Å². The van der Waals surface area contributed by atoms with Crippen LogP contribution in [-0.2, 0) is 0 Å². The normalized spacial score (nSPS) is 10.7. The van der Waals surface area contributed by atoms with E-state index in [1.165, 1.54) is 42.1 Å². The van der Waals surface area contributed by atoms with Gasteiger partial charge < -0.3 is 14.6 Å². The number of benzene rings is 2. The molecule has 0 radical (unpaired) electrons. The van der Waals surface area contributed by atoms with Crippen LogP contribution in [0.5, 0.6) is 11.5 Å². The van der Waals surface area contributed by atoms with Crippen molar-refractivity contribution in [3.63, 3.8) is 0 Å². The Bertz CT molecular complexity index is 910. The highest BCUT2D eigenvalue weighted by atomic mass is 32.2. The van der Waals surface area contributed by atoms with Gasteiger partial charge in [0.25, 0.3) is 0 Å². The summed E-state index contributed by atoms with van der Waals surface area (Å²) in [6.45, 7) is 3.64. The second kappa shape index (κ2) is 5.61. The smallest absolute Gasteiger partial charge is 0.201 e. The quantitative estimate of drug-likeness (QED) is 0.712. The Balaban J connectivity index is 2.36. The second-order valence-corrected chi connectivity index (χ2v) is 5.55. The fraction of sp³-hybridized carbons (Fsp3) is 0. The predicted octanol–water partition coefficient (Wildman–Crippen LogP) is 4.11. The molecular weight excluding hydrogens is 300 g/mol. The van der Waals surface area contributed by atoms with Crippen LogP contribution in [-0.4, -0.2) is 10.2 Å². The molecule has 0 bridgehead atoms. The van der Waals surface area contributed by atoms with E-state index in [0.717, 1.165) is 0 Å². The van der Waals surface area contributed by atoms with Crippen LogP contribution >= 0.6 is 11.8 Å². The van der Waals surface area contributed by atoms with Crippen molar-refractivity contribution in [2.24, 2.45) is 0 Å². The summed E-state index contributed by atoms with van der Waals surface area (Å²) in [5.74, 6) is 0.152. The zero-order valence-corrected chi connectivity index (χ0v) is 12.3. The van der Waals surface area contributed by atoms with Crippen molar-refractivity contribution in [3.05, 3.63) is 64.7 Å². The maximum absolute atomic E-state index is 12.8. The van der Waals surface area contributed by atoms with E-state index in [-0.39, 0.29) is 16.9 Å². The molecular formula is C17H12O4S. The number of aromatic hydroxyl groups is 2. The van der Waals surface area contributed by atoms with Crippen molar-refractivity contribution in [3.8, 4) is 22.6 Å². The van der Waals surface area contributed by atoms with Gasteiger partial charge in [-0.1, -0.05) is 30.5 Å². The van der Waals surface area contributed by atoms with E-state index < -0.39 is 0 Å². The number of thioether (sulfide) groups is 1. The van der Waals surface area contributed by atoms with Crippen LogP contribution in [0, 0.1) is 0 Å². The lowest BCUT2D eigenvalue weighted by Crippen LogP contribution is -2.06. The SMILES string of the molecule is C=CSc1oc2cc(O)ccc2c(=O)c1-c1ccc(O)cc1. The summed E-state index contributed by atoms with van der Waals surface area (Å²) in [6.07, 6.45) is 0. The van der Waals surface area contributed by atoms with E-state index in [2.05, 4.69) is 6.58 Å². The Morgan fingerprint density at radius 3 is 2.41 bits per heavy atom. The monoisotopic (exact) mass is 312 g/mol. The van der Waals surface area contributed by atoms with Gasteiger partial charge in [-0.25, -0.2) is 0 Å². The second-order valence-electron chi connectivity index (χ2n) is 4.61. The number of hydrogen-bond donors (Lipinski definition) is 2. The van der Waals surface area contributed by atoms with Crippen LogP contribution in [0.4, 0.5) is 0 Å². The summed E-state index contributed by atoms with van der Waals surface area (Å²) < 4.78 is 5.75. The Labute approximate surface area is 130 Å². The minimum absolute atomic E-state index is 0.0302. The molecule has 0 aliphatic heterocycles. The van der Waals surface area contributed by atoms with Gasteiger partial charge in [0.15, 0.2) is 5.09 Å². The molecule has 0 fully saturated rings. The summed E-state index contributed by atoms with van der Waals surface area (Å²) in [6, 6.07) is 10.7. The van der Waals surface area contributed by atoms with Crippen molar-refractivity contribution in [1.29, 1.82) is 0 Å². The first kappa shape index (κ1) is 14.3.